The molecule has 82 valence electrons. The van der Waals surface area contributed by atoms with E-state index >= 15 is 0 Å². The van der Waals surface area contributed by atoms with E-state index in [2.05, 4.69) is 53.1 Å². The van der Waals surface area contributed by atoms with Crippen molar-refractivity contribution in [2.75, 3.05) is 34.5 Å². The predicted octanol–water partition coefficient (Wildman–Crippen LogP) is 3.38. The van der Waals surface area contributed by atoms with Crippen molar-refractivity contribution in [1.29, 1.82) is 0 Å². The fourth-order valence-electron chi connectivity index (χ4n) is 0.894. The van der Waals surface area contributed by atoms with Crippen LogP contribution in [0.5, 0.6) is 0 Å². The van der Waals surface area contributed by atoms with Crippen molar-refractivity contribution in [2.24, 2.45) is 0 Å². The van der Waals surface area contributed by atoms with Crippen molar-refractivity contribution in [3.05, 3.63) is 0 Å². The van der Waals surface area contributed by atoms with Gasteiger partial charge in [0.05, 0.1) is 0 Å². The van der Waals surface area contributed by atoms with Gasteiger partial charge in [-0.3, -0.25) is 0 Å². The third kappa shape index (κ3) is 5.58. The third-order valence-corrected chi connectivity index (χ3v) is 51.5. The fourth-order valence-corrected chi connectivity index (χ4v) is 54.0. The van der Waals surface area contributed by atoms with Gasteiger partial charge in [0.25, 0.3) is 0 Å². The van der Waals surface area contributed by atoms with Crippen LogP contribution in [0.3, 0.4) is 0 Å². The Bertz CT molecular complexity index is 140. The molecule has 2 aliphatic rings. The quantitative estimate of drug-likeness (QED) is 0.400. The van der Waals surface area contributed by atoms with Gasteiger partial charge >= 0.3 is 120 Å². The van der Waals surface area contributed by atoms with Crippen LogP contribution in [0.15, 0.2) is 0 Å². The molecule has 0 spiro atoms. The van der Waals surface area contributed by atoms with Gasteiger partial charge in [0, 0.05) is 0 Å². The van der Waals surface area contributed by atoms with E-state index in [0.29, 0.717) is 0 Å². The van der Waals surface area contributed by atoms with Crippen LogP contribution < -0.4 is 0 Å². The maximum absolute atomic E-state index is 2.37. The van der Waals surface area contributed by atoms with Crippen LogP contribution in [0.4, 0.5) is 0 Å². The van der Waals surface area contributed by atoms with E-state index in [1.807, 2.05) is 0 Å². The summed E-state index contributed by atoms with van der Waals surface area (Å²) >= 11 is -1.62. The number of rotatable bonds is 5. The van der Waals surface area contributed by atoms with Gasteiger partial charge in [0.15, 0.2) is 0 Å². The zero-order chi connectivity index (χ0) is 9.64. The molecule has 0 aliphatic carbocycles. The zero-order valence-corrected chi connectivity index (χ0v) is 17.6. The topological polar surface area (TPSA) is 0 Å². The summed E-state index contributed by atoms with van der Waals surface area (Å²) in [4.78, 5) is 0. The first-order valence-corrected chi connectivity index (χ1v) is 28.7. The molecule has 0 saturated carbocycles. The molecule has 0 bridgehead atoms. The molecule has 14 heavy (non-hydrogen) atoms. The van der Waals surface area contributed by atoms with Gasteiger partial charge in [0.1, 0.15) is 0 Å². The molecular weight excluding hydrogens is 508 g/mol. The monoisotopic (exact) mass is 518 g/mol. The Morgan fingerprint density at radius 2 is 1.07 bits per heavy atom. The van der Waals surface area contributed by atoms with Crippen LogP contribution in [0, 0.1) is 0 Å². The van der Waals surface area contributed by atoms with Crippen LogP contribution in [0.2, 0.25) is 0 Å². The van der Waals surface area contributed by atoms with Crippen LogP contribution in [-0.4, -0.2) is 66.5 Å². The Morgan fingerprint density at radius 3 is 1.43 bits per heavy atom. The molecule has 8 heteroatoms. The van der Waals surface area contributed by atoms with Crippen molar-refractivity contribution in [2.45, 2.75) is 0 Å². The Morgan fingerprint density at radius 1 is 0.714 bits per heavy atom. The average Bonchev–Trinajstić information content (AvgIpc) is 2.86. The molecule has 2 heterocycles. The standard InChI is InChI=1S/3C2H6S2.2Sb/c3*3-1-2-4;;/h3*3-4H,1-2H2;;/q;;;2*+3/p-6. The molecule has 0 atom stereocenters. The van der Waals surface area contributed by atoms with Crippen molar-refractivity contribution < 1.29 is 0 Å². The number of hydrogen-bond acceptors (Lipinski definition) is 6. The maximum atomic E-state index is 2.37. The van der Waals surface area contributed by atoms with Crippen LogP contribution in [-0.2, 0) is 0 Å². The third-order valence-electron chi connectivity index (χ3n) is 1.43. The normalized spacial score (nSPS) is 24.9. The summed E-state index contributed by atoms with van der Waals surface area (Å²) in [5.41, 5.74) is 0. The van der Waals surface area contributed by atoms with E-state index in [9.17, 15) is 0 Å². The molecule has 0 radical (unpaired) electrons. The Hall–Kier alpha value is 3.74. The van der Waals surface area contributed by atoms with E-state index in [1.54, 1.807) is 0 Å². The molecule has 2 aliphatic heterocycles. The van der Waals surface area contributed by atoms with E-state index in [4.69, 9.17) is 0 Å². The summed E-state index contributed by atoms with van der Waals surface area (Å²) in [5, 5.41) is 0. The van der Waals surface area contributed by atoms with Gasteiger partial charge in [-0.05, 0) is 0 Å². The van der Waals surface area contributed by atoms with Gasteiger partial charge in [0.2, 0.25) is 0 Å². The van der Waals surface area contributed by atoms with E-state index < -0.39 is 32.0 Å². The van der Waals surface area contributed by atoms with Crippen LogP contribution in [0.25, 0.3) is 0 Å². The molecule has 0 N–H and O–H groups in total. The SMILES string of the molecule is C1C[S][Sb]([S]CC[S][Sb]2[S]CC[S]2)[S]1. The van der Waals surface area contributed by atoms with Gasteiger partial charge in [-0.1, -0.05) is 0 Å². The second kappa shape index (κ2) is 8.77. The van der Waals surface area contributed by atoms with Crippen molar-refractivity contribution in [1.82, 2.24) is 0 Å². The number of hydrogen-bond donors (Lipinski definition) is 0. The first-order valence-electron chi connectivity index (χ1n) is 4.33. The Kier molecular flexibility index (Phi) is 8.87. The van der Waals surface area contributed by atoms with Crippen LogP contribution in [0.1, 0.15) is 0 Å². The Balaban J connectivity index is 1.46. The van der Waals surface area contributed by atoms with Crippen molar-refractivity contribution >= 4 is 85.1 Å². The average molecular weight is 520 g/mol. The fraction of sp³-hybridized carbons (Fsp3) is 1.00. The van der Waals surface area contributed by atoms with Crippen LogP contribution >= 0.6 is 53.1 Å². The van der Waals surface area contributed by atoms with Crippen molar-refractivity contribution in [3.63, 3.8) is 0 Å². The summed E-state index contributed by atoms with van der Waals surface area (Å²) in [7, 11) is 14.1. The molecule has 0 nitrogen and oxygen atoms in total. The molecule has 0 aromatic carbocycles. The molecular formula is C6H12S6Sb2. The van der Waals surface area contributed by atoms with Gasteiger partial charge in [-0.25, -0.2) is 0 Å². The second-order valence-electron chi connectivity index (χ2n) is 2.45. The molecule has 0 amide bonds. The molecule has 2 rings (SSSR count). The molecule has 2 saturated heterocycles. The van der Waals surface area contributed by atoms with E-state index in [1.165, 1.54) is 34.5 Å². The first kappa shape index (κ1) is 14.2. The summed E-state index contributed by atoms with van der Waals surface area (Å²) in [6, 6.07) is 0. The van der Waals surface area contributed by atoms with Gasteiger partial charge in [-0.15, -0.1) is 0 Å². The first-order chi connectivity index (χ1) is 6.95. The van der Waals surface area contributed by atoms with Gasteiger partial charge in [-0.2, -0.15) is 0 Å². The summed E-state index contributed by atoms with van der Waals surface area (Å²) in [5.74, 6) is 8.77. The summed E-state index contributed by atoms with van der Waals surface area (Å²) in [6.07, 6.45) is 0. The van der Waals surface area contributed by atoms with Crippen molar-refractivity contribution in [3.8, 4) is 0 Å². The Labute approximate surface area is 117 Å². The molecule has 0 aromatic rings. The van der Waals surface area contributed by atoms with E-state index in [0.717, 1.165) is 0 Å². The minimum atomic E-state index is -0.809. The summed E-state index contributed by atoms with van der Waals surface area (Å²) < 4.78 is 0. The minimum absolute atomic E-state index is 0.809. The molecule has 0 unspecified atom stereocenters. The summed E-state index contributed by atoms with van der Waals surface area (Å²) in [6.45, 7) is 0. The van der Waals surface area contributed by atoms with Gasteiger partial charge < -0.3 is 0 Å². The zero-order valence-electron chi connectivity index (χ0n) is 7.59. The molecule has 0 aromatic heterocycles. The molecule has 2 fully saturated rings. The van der Waals surface area contributed by atoms with E-state index in [-0.39, 0.29) is 0 Å². The second-order valence-corrected chi connectivity index (χ2v) is 46.3. The predicted molar refractivity (Wildman–Crippen MR) is 86.3 cm³/mol.